The van der Waals surface area contributed by atoms with Crippen LogP contribution in [0.3, 0.4) is 0 Å². The molecule has 3 rings (SSSR count). The third kappa shape index (κ3) is 6.95. The molecule has 1 atom stereocenters. The van der Waals surface area contributed by atoms with Gasteiger partial charge in [-0.15, -0.1) is 0 Å². The average molecular weight is 603 g/mol. The molecule has 3 aromatic carbocycles. The van der Waals surface area contributed by atoms with Gasteiger partial charge in [0.1, 0.15) is 12.6 Å². The van der Waals surface area contributed by atoms with Crippen LogP contribution in [0, 0.1) is 10.1 Å². The normalized spacial score (nSPS) is 11.9. The summed E-state index contributed by atoms with van der Waals surface area (Å²) in [6, 6.07) is 18.8. The van der Waals surface area contributed by atoms with Gasteiger partial charge >= 0.3 is 0 Å². The Morgan fingerprint density at radius 2 is 1.71 bits per heavy atom. The van der Waals surface area contributed by atoms with E-state index in [-0.39, 0.29) is 22.8 Å². The van der Waals surface area contributed by atoms with Gasteiger partial charge in [0.15, 0.2) is 0 Å². The van der Waals surface area contributed by atoms with Gasteiger partial charge in [-0.25, -0.2) is 8.42 Å². The van der Waals surface area contributed by atoms with E-state index < -0.39 is 39.3 Å². The van der Waals surface area contributed by atoms with E-state index in [1.165, 1.54) is 47.4 Å². The Bertz CT molecular complexity index is 1420. The van der Waals surface area contributed by atoms with Crippen molar-refractivity contribution >= 4 is 49.1 Å². The van der Waals surface area contributed by atoms with Gasteiger partial charge in [-0.3, -0.25) is 24.0 Å². The SMILES string of the molecule is CCNC(=O)C(C)N(Cc1cccc(Br)c1)C(=O)CN(c1cccc([N+](=O)[O-])c1)S(=O)(=O)c1ccccc1. The van der Waals surface area contributed by atoms with E-state index in [4.69, 9.17) is 0 Å². The van der Waals surface area contributed by atoms with Crippen molar-refractivity contribution < 1.29 is 22.9 Å². The van der Waals surface area contributed by atoms with Crippen molar-refractivity contribution in [3.05, 3.63) is 99.0 Å². The highest BCUT2D eigenvalue weighted by atomic mass is 79.9. The molecule has 38 heavy (non-hydrogen) atoms. The van der Waals surface area contributed by atoms with E-state index in [0.29, 0.717) is 6.54 Å². The summed E-state index contributed by atoms with van der Waals surface area (Å²) in [5.74, 6) is -1.06. The summed E-state index contributed by atoms with van der Waals surface area (Å²) in [6.07, 6.45) is 0. The summed E-state index contributed by atoms with van der Waals surface area (Å²) >= 11 is 3.40. The Balaban J connectivity index is 2.06. The Kier molecular flexibility index (Phi) is 9.59. The molecular weight excluding hydrogens is 576 g/mol. The smallest absolute Gasteiger partial charge is 0.271 e. The van der Waals surface area contributed by atoms with Crippen LogP contribution >= 0.6 is 15.9 Å². The minimum atomic E-state index is -4.31. The molecule has 0 aliphatic heterocycles. The number of rotatable bonds is 11. The largest absolute Gasteiger partial charge is 0.355 e. The maximum Gasteiger partial charge on any atom is 0.271 e. The molecule has 0 spiro atoms. The first kappa shape index (κ1) is 28.8. The number of carbonyl (C=O) groups is 2. The minimum absolute atomic E-state index is 0.0325. The van der Waals surface area contributed by atoms with Crippen LogP contribution in [0.2, 0.25) is 0 Å². The van der Waals surface area contributed by atoms with Crippen molar-refractivity contribution in [1.29, 1.82) is 0 Å². The van der Waals surface area contributed by atoms with Crippen molar-refractivity contribution in [2.75, 3.05) is 17.4 Å². The molecule has 0 aliphatic carbocycles. The lowest BCUT2D eigenvalue weighted by atomic mass is 10.1. The highest BCUT2D eigenvalue weighted by Gasteiger charge is 2.33. The standard InChI is InChI=1S/C26H27BrN4O6S/c1-3-28-26(33)19(2)29(17-20-9-7-10-21(27)15-20)25(32)18-30(22-11-8-12-23(16-22)31(34)35)38(36,37)24-13-5-4-6-14-24/h4-16,19H,3,17-18H2,1-2H3,(H,28,33). The van der Waals surface area contributed by atoms with E-state index in [0.717, 1.165) is 20.4 Å². The van der Waals surface area contributed by atoms with Gasteiger partial charge in [-0.2, -0.15) is 0 Å². The molecule has 0 fully saturated rings. The first-order valence-electron chi connectivity index (χ1n) is 11.7. The molecule has 2 amide bonds. The lowest BCUT2D eigenvalue weighted by Gasteiger charge is -2.32. The van der Waals surface area contributed by atoms with Crippen LogP contribution in [0.1, 0.15) is 19.4 Å². The van der Waals surface area contributed by atoms with Gasteiger partial charge in [0, 0.05) is 29.7 Å². The number of nitro groups is 1. The van der Waals surface area contributed by atoms with Crippen molar-refractivity contribution in [1.82, 2.24) is 10.2 Å². The number of halogens is 1. The number of hydrogen-bond acceptors (Lipinski definition) is 6. The van der Waals surface area contributed by atoms with Crippen molar-refractivity contribution in [2.45, 2.75) is 31.3 Å². The van der Waals surface area contributed by atoms with E-state index in [9.17, 15) is 28.1 Å². The summed E-state index contributed by atoms with van der Waals surface area (Å²) < 4.78 is 29.0. The summed E-state index contributed by atoms with van der Waals surface area (Å²) in [7, 11) is -4.31. The zero-order chi connectivity index (χ0) is 27.9. The molecule has 1 N–H and O–H groups in total. The second-order valence-electron chi connectivity index (χ2n) is 8.32. The van der Waals surface area contributed by atoms with Gasteiger partial charge in [0.25, 0.3) is 15.7 Å². The molecule has 0 heterocycles. The topological polar surface area (TPSA) is 130 Å². The second-order valence-corrected chi connectivity index (χ2v) is 11.1. The maximum atomic E-state index is 13.8. The lowest BCUT2D eigenvalue weighted by Crippen LogP contribution is -2.51. The lowest BCUT2D eigenvalue weighted by molar-refractivity contribution is -0.384. The number of nitrogens with one attached hydrogen (secondary N) is 1. The van der Waals surface area contributed by atoms with Crippen LogP contribution in [0.4, 0.5) is 11.4 Å². The monoisotopic (exact) mass is 602 g/mol. The first-order valence-corrected chi connectivity index (χ1v) is 13.9. The molecule has 3 aromatic rings. The molecule has 0 saturated carbocycles. The van der Waals surface area contributed by atoms with Crippen molar-refractivity contribution in [3.8, 4) is 0 Å². The predicted octanol–water partition coefficient (Wildman–Crippen LogP) is 4.11. The Labute approximate surface area is 229 Å². The second kappa shape index (κ2) is 12.7. The molecule has 0 radical (unpaired) electrons. The molecular formula is C26H27BrN4O6S. The highest BCUT2D eigenvalue weighted by Crippen LogP contribution is 2.27. The third-order valence-electron chi connectivity index (χ3n) is 5.70. The van der Waals surface area contributed by atoms with E-state index in [2.05, 4.69) is 21.2 Å². The number of nitrogens with zero attached hydrogens (tertiary/aromatic N) is 3. The van der Waals surface area contributed by atoms with Crippen molar-refractivity contribution in [2.24, 2.45) is 0 Å². The number of benzene rings is 3. The minimum Gasteiger partial charge on any atom is -0.355 e. The zero-order valence-electron chi connectivity index (χ0n) is 20.8. The highest BCUT2D eigenvalue weighted by molar-refractivity contribution is 9.10. The zero-order valence-corrected chi connectivity index (χ0v) is 23.2. The van der Waals surface area contributed by atoms with E-state index in [1.54, 1.807) is 38.1 Å². The van der Waals surface area contributed by atoms with Gasteiger partial charge in [-0.1, -0.05) is 52.3 Å². The number of anilines is 1. The number of likely N-dealkylation sites (N-methyl/N-ethyl adjacent to an activating group) is 1. The fourth-order valence-electron chi connectivity index (χ4n) is 3.75. The number of sulfonamides is 1. The Morgan fingerprint density at radius 1 is 1.03 bits per heavy atom. The van der Waals surface area contributed by atoms with Gasteiger partial charge in [-0.05, 0) is 49.7 Å². The molecule has 0 aliphatic rings. The number of hydrogen-bond donors (Lipinski definition) is 1. The molecule has 10 nitrogen and oxygen atoms in total. The van der Waals surface area contributed by atoms with E-state index >= 15 is 0 Å². The average Bonchev–Trinajstić information content (AvgIpc) is 2.90. The Morgan fingerprint density at radius 3 is 2.34 bits per heavy atom. The number of amides is 2. The fraction of sp³-hybridized carbons (Fsp3) is 0.231. The van der Waals surface area contributed by atoms with Crippen LogP contribution in [-0.2, 0) is 26.2 Å². The molecule has 200 valence electrons. The van der Waals surface area contributed by atoms with Crippen LogP contribution in [0.25, 0.3) is 0 Å². The summed E-state index contributed by atoms with van der Waals surface area (Å²) in [6.45, 7) is 3.01. The van der Waals surface area contributed by atoms with Gasteiger partial charge in [0.2, 0.25) is 11.8 Å². The number of carbonyl (C=O) groups excluding carboxylic acids is 2. The summed E-state index contributed by atoms with van der Waals surface area (Å²) in [4.78, 5) is 38.4. The third-order valence-corrected chi connectivity index (χ3v) is 7.98. The van der Waals surface area contributed by atoms with Gasteiger partial charge in [0.05, 0.1) is 15.5 Å². The first-order chi connectivity index (χ1) is 18.0. The van der Waals surface area contributed by atoms with Crippen molar-refractivity contribution in [3.63, 3.8) is 0 Å². The number of nitro benzene ring substituents is 1. The van der Waals surface area contributed by atoms with Gasteiger partial charge < -0.3 is 10.2 Å². The van der Waals surface area contributed by atoms with Crippen LogP contribution < -0.4 is 9.62 Å². The number of non-ortho nitro benzene ring substituents is 1. The molecule has 0 saturated heterocycles. The molecule has 1 unspecified atom stereocenters. The quantitative estimate of drug-likeness (QED) is 0.260. The summed E-state index contributed by atoms with van der Waals surface area (Å²) in [5.41, 5.74) is 0.339. The fourth-order valence-corrected chi connectivity index (χ4v) is 5.62. The van der Waals surface area contributed by atoms with Crippen LogP contribution in [0.5, 0.6) is 0 Å². The Hall–Kier alpha value is -3.77. The molecule has 0 bridgehead atoms. The van der Waals surface area contributed by atoms with E-state index in [1.807, 2.05) is 6.07 Å². The van der Waals surface area contributed by atoms with Crippen LogP contribution in [0.15, 0.2) is 88.2 Å². The molecule has 0 aromatic heterocycles. The van der Waals surface area contributed by atoms with Crippen LogP contribution in [-0.4, -0.2) is 49.2 Å². The summed E-state index contributed by atoms with van der Waals surface area (Å²) in [5, 5.41) is 14.1. The maximum absolute atomic E-state index is 13.8. The molecule has 12 heteroatoms. The predicted molar refractivity (Wildman–Crippen MR) is 147 cm³/mol.